The molecule has 28 heavy (non-hydrogen) atoms. The summed E-state index contributed by atoms with van der Waals surface area (Å²) in [6.07, 6.45) is 0. The predicted molar refractivity (Wildman–Crippen MR) is 115 cm³/mol. The van der Waals surface area contributed by atoms with Gasteiger partial charge in [0.15, 0.2) is 11.6 Å². The Morgan fingerprint density at radius 1 is 0.893 bits per heavy atom. The minimum atomic E-state index is -0.366. The van der Waals surface area contributed by atoms with Crippen molar-refractivity contribution in [1.82, 2.24) is 0 Å². The van der Waals surface area contributed by atoms with E-state index in [9.17, 15) is 10.2 Å². The van der Waals surface area contributed by atoms with E-state index in [4.69, 9.17) is 0 Å². The van der Waals surface area contributed by atoms with Gasteiger partial charge >= 0.3 is 0 Å². The summed E-state index contributed by atoms with van der Waals surface area (Å²) in [5.74, 6) is 1.15. The molecule has 0 fully saturated rings. The van der Waals surface area contributed by atoms with Gasteiger partial charge in [0, 0.05) is 10.2 Å². The van der Waals surface area contributed by atoms with Gasteiger partial charge in [0.25, 0.3) is 0 Å². The Labute approximate surface area is 171 Å². The maximum Gasteiger partial charge on any atom is 0.160 e. The van der Waals surface area contributed by atoms with Gasteiger partial charge in [-0.15, -0.1) is 0 Å². The Morgan fingerprint density at radius 2 is 1.61 bits per heavy atom. The highest BCUT2D eigenvalue weighted by Crippen LogP contribution is 2.45. The standard InChI is InChI=1S/C22H18BrN3O2/c23-15-7-9-16(10-8-15)25-13-26-19-4-2-1-3-18(19)24-22(26)21(28)20(25)14-5-11-17(27)12-6-14/h1-12,20,24,27-28H,13H2/t20-/m1/s1. The van der Waals surface area contributed by atoms with E-state index in [1.165, 1.54) is 0 Å². The van der Waals surface area contributed by atoms with E-state index in [1.807, 2.05) is 60.7 Å². The van der Waals surface area contributed by atoms with Crippen LogP contribution in [-0.2, 0) is 0 Å². The third kappa shape index (κ3) is 2.68. The number of nitrogens with zero attached hydrogens (tertiary/aromatic N) is 2. The number of benzene rings is 3. The lowest BCUT2D eigenvalue weighted by molar-refractivity contribution is 0.342. The fraction of sp³-hybridized carbons (Fsp3) is 0.0909. The van der Waals surface area contributed by atoms with Crippen molar-refractivity contribution in [2.24, 2.45) is 0 Å². The molecule has 0 aromatic heterocycles. The largest absolute Gasteiger partial charge is 0.508 e. The normalized spacial score (nSPS) is 18.0. The highest BCUT2D eigenvalue weighted by atomic mass is 79.9. The summed E-state index contributed by atoms with van der Waals surface area (Å²) in [4.78, 5) is 4.24. The second-order valence-electron chi connectivity index (χ2n) is 6.89. The van der Waals surface area contributed by atoms with E-state index in [2.05, 4.69) is 31.0 Å². The molecule has 0 saturated heterocycles. The monoisotopic (exact) mass is 435 g/mol. The molecule has 0 unspecified atom stereocenters. The van der Waals surface area contributed by atoms with E-state index in [0.29, 0.717) is 12.5 Å². The van der Waals surface area contributed by atoms with Crippen LogP contribution in [0.25, 0.3) is 0 Å². The van der Waals surface area contributed by atoms with E-state index in [-0.39, 0.29) is 17.6 Å². The van der Waals surface area contributed by atoms with E-state index in [1.54, 1.807) is 12.1 Å². The average molecular weight is 436 g/mol. The number of aliphatic hydroxyl groups is 1. The van der Waals surface area contributed by atoms with Crippen molar-refractivity contribution in [2.45, 2.75) is 6.04 Å². The van der Waals surface area contributed by atoms with Crippen LogP contribution in [0, 0.1) is 0 Å². The van der Waals surface area contributed by atoms with Crippen molar-refractivity contribution in [3.63, 3.8) is 0 Å². The molecule has 3 aromatic carbocycles. The highest BCUT2D eigenvalue weighted by molar-refractivity contribution is 9.10. The number of rotatable bonds is 2. The van der Waals surface area contributed by atoms with Crippen LogP contribution in [0.4, 0.5) is 17.1 Å². The number of nitrogens with one attached hydrogen (secondary N) is 1. The first-order valence-corrected chi connectivity index (χ1v) is 9.79. The zero-order valence-electron chi connectivity index (χ0n) is 14.9. The second-order valence-corrected chi connectivity index (χ2v) is 7.80. The number of aromatic hydroxyl groups is 1. The number of halogens is 1. The van der Waals surface area contributed by atoms with Crippen molar-refractivity contribution in [3.8, 4) is 5.75 Å². The van der Waals surface area contributed by atoms with Gasteiger partial charge in [0.2, 0.25) is 0 Å². The van der Waals surface area contributed by atoms with Crippen LogP contribution in [0.5, 0.6) is 5.75 Å². The molecule has 2 heterocycles. The van der Waals surface area contributed by atoms with Crippen LogP contribution in [0.2, 0.25) is 0 Å². The van der Waals surface area contributed by atoms with E-state index >= 15 is 0 Å². The zero-order valence-corrected chi connectivity index (χ0v) is 16.5. The van der Waals surface area contributed by atoms with Crippen molar-refractivity contribution < 1.29 is 10.2 Å². The molecule has 6 heteroatoms. The number of hydrogen-bond acceptors (Lipinski definition) is 5. The molecule has 0 radical (unpaired) electrons. The Kier molecular flexibility index (Phi) is 3.94. The van der Waals surface area contributed by atoms with Gasteiger partial charge in [-0.05, 0) is 54.1 Å². The zero-order chi connectivity index (χ0) is 19.3. The number of fused-ring (bicyclic) bond motifs is 3. The highest BCUT2D eigenvalue weighted by Gasteiger charge is 2.39. The molecule has 2 aliphatic rings. The molecule has 3 aromatic rings. The number of anilines is 3. The Bertz CT molecular complexity index is 1060. The number of phenolic OH excluding ortho intramolecular Hbond substituents is 1. The third-order valence-corrected chi connectivity index (χ3v) is 5.72. The van der Waals surface area contributed by atoms with Crippen molar-refractivity contribution in [3.05, 3.63) is 94.4 Å². The quantitative estimate of drug-likeness (QED) is 0.507. The van der Waals surface area contributed by atoms with Gasteiger partial charge in [-0.2, -0.15) is 0 Å². The summed E-state index contributed by atoms with van der Waals surface area (Å²) in [5, 5.41) is 24.3. The van der Waals surface area contributed by atoms with Gasteiger partial charge in [0.05, 0.1) is 18.0 Å². The van der Waals surface area contributed by atoms with E-state index < -0.39 is 0 Å². The smallest absolute Gasteiger partial charge is 0.160 e. The summed E-state index contributed by atoms with van der Waals surface area (Å²) in [7, 11) is 0. The third-order valence-electron chi connectivity index (χ3n) is 5.19. The van der Waals surface area contributed by atoms with Crippen molar-refractivity contribution >= 4 is 33.0 Å². The average Bonchev–Trinajstić information content (AvgIpc) is 3.09. The number of aliphatic hydroxyl groups excluding tert-OH is 1. The summed E-state index contributed by atoms with van der Waals surface area (Å²) in [6, 6.07) is 22.7. The first kappa shape index (κ1) is 17.0. The van der Waals surface area contributed by atoms with E-state index in [0.717, 1.165) is 27.1 Å². The maximum atomic E-state index is 11.3. The Balaban J connectivity index is 1.66. The molecule has 0 amide bonds. The lowest BCUT2D eigenvalue weighted by atomic mass is 10.0. The molecule has 140 valence electrons. The van der Waals surface area contributed by atoms with Crippen LogP contribution in [-0.4, -0.2) is 16.9 Å². The fourth-order valence-corrected chi connectivity index (χ4v) is 4.11. The van der Waals surface area contributed by atoms with Crippen LogP contribution >= 0.6 is 15.9 Å². The summed E-state index contributed by atoms with van der Waals surface area (Å²) in [6.45, 7) is 0.580. The number of phenols is 1. The lowest BCUT2D eigenvalue weighted by Gasteiger charge is -2.42. The van der Waals surface area contributed by atoms with Crippen molar-refractivity contribution in [1.29, 1.82) is 0 Å². The molecule has 0 aliphatic carbocycles. The first-order valence-electron chi connectivity index (χ1n) is 9.00. The summed E-state index contributed by atoms with van der Waals surface area (Å²) < 4.78 is 1.00. The van der Waals surface area contributed by atoms with Gasteiger partial charge in [-0.1, -0.05) is 40.2 Å². The molecule has 0 spiro atoms. The molecule has 3 N–H and O–H groups in total. The topological polar surface area (TPSA) is 59.0 Å². The van der Waals surface area contributed by atoms with Crippen LogP contribution in [0.1, 0.15) is 11.6 Å². The maximum absolute atomic E-state index is 11.3. The molecular weight excluding hydrogens is 418 g/mol. The summed E-state index contributed by atoms with van der Waals surface area (Å²) >= 11 is 3.49. The fourth-order valence-electron chi connectivity index (χ4n) is 3.85. The molecule has 5 nitrogen and oxygen atoms in total. The second kappa shape index (κ2) is 6.49. The first-order chi connectivity index (χ1) is 13.6. The number of hydrogen-bond donors (Lipinski definition) is 3. The number of para-hydroxylation sites is 2. The SMILES string of the molecule is OC1=C2Nc3ccccc3N2CN(c2ccc(Br)cc2)[C@@H]1c1ccc(O)cc1. The Morgan fingerprint density at radius 3 is 2.36 bits per heavy atom. The molecule has 1 atom stereocenters. The van der Waals surface area contributed by atoms with Gasteiger partial charge in [0.1, 0.15) is 11.8 Å². The predicted octanol–water partition coefficient (Wildman–Crippen LogP) is 5.33. The minimum Gasteiger partial charge on any atom is -0.508 e. The van der Waals surface area contributed by atoms with Crippen molar-refractivity contribution in [2.75, 3.05) is 21.8 Å². The van der Waals surface area contributed by atoms with Gasteiger partial charge in [-0.3, -0.25) is 0 Å². The van der Waals surface area contributed by atoms with Crippen LogP contribution in [0.3, 0.4) is 0 Å². The van der Waals surface area contributed by atoms with Gasteiger partial charge < -0.3 is 25.3 Å². The molecule has 0 bridgehead atoms. The summed E-state index contributed by atoms with van der Waals surface area (Å²) in [5.41, 5.74) is 3.92. The van der Waals surface area contributed by atoms with Crippen LogP contribution in [0.15, 0.2) is 88.8 Å². The molecule has 5 rings (SSSR count). The minimum absolute atomic E-state index is 0.204. The molecule has 2 aliphatic heterocycles. The lowest BCUT2D eigenvalue weighted by Crippen LogP contribution is -2.45. The molecular formula is C22H18BrN3O2. The van der Waals surface area contributed by atoms with Gasteiger partial charge in [-0.25, -0.2) is 0 Å². The molecule has 0 saturated carbocycles. The van der Waals surface area contributed by atoms with Crippen LogP contribution < -0.4 is 15.1 Å². The Hall–Kier alpha value is -3.12.